The Kier molecular flexibility index (Phi) is 5.24. The van der Waals surface area contributed by atoms with E-state index in [4.69, 9.17) is 4.74 Å². The Hall–Kier alpha value is -0.700. The van der Waals surface area contributed by atoms with Gasteiger partial charge in [0.15, 0.2) is 16.4 Å². The Bertz CT molecular complexity index is 764. The lowest BCUT2D eigenvalue weighted by Crippen LogP contribution is -2.11. The maximum Gasteiger partial charge on any atom is 0.202 e. The van der Waals surface area contributed by atoms with Crippen LogP contribution in [0.2, 0.25) is 0 Å². The zero-order valence-corrected chi connectivity index (χ0v) is 15.6. The summed E-state index contributed by atoms with van der Waals surface area (Å²) in [6.07, 6.45) is 1.14. The van der Waals surface area contributed by atoms with E-state index in [1.807, 2.05) is 0 Å². The highest BCUT2D eigenvalue weighted by atomic mass is 79.9. The van der Waals surface area contributed by atoms with Crippen molar-refractivity contribution in [2.75, 3.05) is 12.9 Å². The van der Waals surface area contributed by atoms with Crippen molar-refractivity contribution in [2.45, 2.75) is 4.90 Å². The highest BCUT2D eigenvalue weighted by Gasteiger charge is 2.14. The molecule has 21 heavy (non-hydrogen) atoms. The third kappa shape index (κ3) is 4.38. The summed E-state index contributed by atoms with van der Waals surface area (Å²) in [6.45, 7) is -0.111. The molecule has 0 aliphatic rings. The highest BCUT2D eigenvalue weighted by molar-refractivity contribution is 9.12. The molecule has 0 aliphatic carbocycles. The summed E-state index contributed by atoms with van der Waals surface area (Å²) in [6, 6.07) is 7.69. The van der Waals surface area contributed by atoms with Crippen molar-refractivity contribution in [2.24, 2.45) is 0 Å². The van der Waals surface area contributed by atoms with Gasteiger partial charge in [-0.25, -0.2) is 8.42 Å². The molecule has 1 aromatic heterocycles. The second-order valence-corrected chi connectivity index (χ2v) is 9.96. The summed E-state index contributed by atoms with van der Waals surface area (Å²) in [4.78, 5) is 12.2. The lowest BCUT2D eigenvalue weighted by Gasteiger charge is -2.06. The number of carbonyl (C=O) groups is 1. The number of hydrogen-bond acceptors (Lipinski definition) is 5. The summed E-state index contributed by atoms with van der Waals surface area (Å²) < 4.78 is 29.6. The number of halogens is 2. The molecule has 0 bridgehead atoms. The zero-order valence-electron chi connectivity index (χ0n) is 10.8. The molecule has 4 nitrogen and oxygen atoms in total. The molecule has 2 aromatic rings. The topological polar surface area (TPSA) is 60.4 Å². The molecule has 0 saturated carbocycles. The first kappa shape index (κ1) is 16.7. The van der Waals surface area contributed by atoms with Crippen LogP contribution in [0.15, 0.2) is 42.8 Å². The predicted octanol–water partition coefficient (Wildman–Crippen LogP) is 3.94. The first-order valence-corrected chi connectivity index (χ1v) is 9.98. The molecule has 1 heterocycles. The predicted molar refractivity (Wildman–Crippen MR) is 89.1 cm³/mol. The summed E-state index contributed by atoms with van der Waals surface area (Å²) in [5.74, 6) is 0.289. The lowest BCUT2D eigenvalue weighted by molar-refractivity contribution is 0.0921. The number of benzene rings is 1. The Morgan fingerprint density at radius 3 is 2.33 bits per heavy atom. The smallest absolute Gasteiger partial charge is 0.202 e. The fraction of sp³-hybridized carbons (Fsp3) is 0.154. The Morgan fingerprint density at radius 2 is 1.86 bits per heavy atom. The van der Waals surface area contributed by atoms with Crippen molar-refractivity contribution in [3.8, 4) is 5.75 Å². The van der Waals surface area contributed by atoms with Crippen LogP contribution in [0.4, 0.5) is 0 Å². The van der Waals surface area contributed by atoms with E-state index < -0.39 is 9.84 Å². The van der Waals surface area contributed by atoms with E-state index in [2.05, 4.69) is 31.9 Å². The average Bonchev–Trinajstić information content (AvgIpc) is 2.74. The molecule has 0 spiro atoms. The minimum absolute atomic E-state index is 0.111. The number of thiophene rings is 1. The summed E-state index contributed by atoms with van der Waals surface area (Å²) >= 11 is 8.05. The first-order chi connectivity index (χ1) is 9.77. The van der Waals surface area contributed by atoms with Gasteiger partial charge in [-0.1, -0.05) is 0 Å². The fourth-order valence-electron chi connectivity index (χ4n) is 1.54. The maximum atomic E-state index is 12.0. The number of rotatable bonds is 5. The lowest BCUT2D eigenvalue weighted by atomic mass is 10.2. The van der Waals surface area contributed by atoms with Crippen LogP contribution in [0.1, 0.15) is 10.4 Å². The van der Waals surface area contributed by atoms with Gasteiger partial charge in [0.05, 0.1) is 12.5 Å². The summed E-state index contributed by atoms with van der Waals surface area (Å²) in [5.41, 5.74) is 0.555. The van der Waals surface area contributed by atoms with Crippen LogP contribution in [0.3, 0.4) is 0 Å². The standard InChI is InChI=1S/C13H10Br2O4S2/c1-21(17,18)9-4-2-8(3-5-9)19-7-11(16)10-6-12(14)20-13(10)15/h2-6H,7H2,1H3. The molecule has 0 radical (unpaired) electrons. The third-order valence-electron chi connectivity index (χ3n) is 2.58. The Balaban J connectivity index is 2.03. The van der Waals surface area contributed by atoms with Gasteiger partial charge in [-0.15, -0.1) is 11.3 Å². The number of ketones is 1. The number of ether oxygens (including phenoxy) is 1. The van der Waals surface area contributed by atoms with Gasteiger partial charge in [0, 0.05) is 11.8 Å². The Morgan fingerprint density at radius 1 is 1.24 bits per heavy atom. The fourth-order valence-corrected chi connectivity index (χ4v) is 5.03. The molecule has 0 fully saturated rings. The molecule has 8 heteroatoms. The van der Waals surface area contributed by atoms with E-state index in [1.165, 1.54) is 35.6 Å². The van der Waals surface area contributed by atoms with Gasteiger partial charge in [0.1, 0.15) is 5.75 Å². The molecule has 0 N–H and O–H groups in total. The van der Waals surface area contributed by atoms with Crippen LogP contribution in [-0.2, 0) is 9.84 Å². The van der Waals surface area contributed by atoms with Crippen LogP contribution in [0, 0.1) is 0 Å². The van der Waals surface area contributed by atoms with Crippen molar-refractivity contribution >= 4 is 58.8 Å². The van der Waals surface area contributed by atoms with Gasteiger partial charge in [-0.3, -0.25) is 4.79 Å². The molecule has 0 aliphatic heterocycles. The molecular weight excluding hydrogens is 444 g/mol. The van der Waals surface area contributed by atoms with E-state index in [9.17, 15) is 13.2 Å². The van der Waals surface area contributed by atoms with Crippen molar-refractivity contribution in [3.63, 3.8) is 0 Å². The van der Waals surface area contributed by atoms with Gasteiger partial charge in [-0.05, 0) is 62.2 Å². The number of carbonyl (C=O) groups excluding carboxylic acids is 1. The van der Waals surface area contributed by atoms with Crippen LogP contribution in [0.25, 0.3) is 0 Å². The molecule has 0 amide bonds. The van der Waals surface area contributed by atoms with E-state index in [0.29, 0.717) is 11.3 Å². The van der Waals surface area contributed by atoms with Gasteiger partial charge >= 0.3 is 0 Å². The Labute approximate surface area is 143 Å². The number of sulfone groups is 1. The molecule has 112 valence electrons. The largest absolute Gasteiger partial charge is 0.485 e. The molecule has 0 unspecified atom stereocenters. The van der Waals surface area contributed by atoms with Crippen molar-refractivity contribution in [1.82, 2.24) is 0 Å². The van der Waals surface area contributed by atoms with Crippen LogP contribution < -0.4 is 4.74 Å². The SMILES string of the molecule is CS(=O)(=O)c1ccc(OCC(=O)c2cc(Br)sc2Br)cc1. The minimum Gasteiger partial charge on any atom is -0.485 e. The highest BCUT2D eigenvalue weighted by Crippen LogP contribution is 2.32. The average molecular weight is 454 g/mol. The van der Waals surface area contributed by atoms with Crippen molar-refractivity contribution < 1.29 is 17.9 Å². The monoisotopic (exact) mass is 452 g/mol. The molecular formula is C13H10Br2O4S2. The molecule has 2 rings (SSSR count). The summed E-state index contributed by atoms with van der Waals surface area (Å²) in [7, 11) is -3.23. The zero-order chi connectivity index (χ0) is 15.6. The molecule has 0 saturated heterocycles. The van der Waals surface area contributed by atoms with Gasteiger partial charge in [0.2, 0.25) is 5.78 Å². The van der Waals surface area contributed by atoms with Gasteiger partial charge in [0.25, 0.3) is 0 Å². The third-order valence-corrected chi connectivity index (χ3v) is 6.05. The summed E-state index contributed by atoms with van der Waals surface area (Å²) in [5, 5.41) is 0. The van der Waals surface area contributed by atoms with Crippen molar-refractivity contribution in [3.05, 3.63) is 43.5 Å². The quantitative estimate of drug-likeness (QED) is 0.643. The van der Waals surface area contributed by atoms with Crippen LogP contribution in [0.5, 0.6) is 5.75 Å². The molecule has 1 aromatic carbocycles. The molecule has 0 atom stereocenters. The van der Waals surface area contributed by atoms with Gasteiger partial charge in [-0.2, -0.15) is 0 Å². The maximum absolute atomic E-state index is 12.0. The van der Waals surface area contributed by atoms with Crippen LogP contribution >= 0.6 is 43.2 Å². The number of hydrogen-bond donors (Lipinski definition) is 0. The van der Waals surface area contributed by atoms with E-state index in [-0.39, 0.29) is 17.3 Å². The second kappa shape index (κ2) is 6.60. The van der Waals surface area contributed by atoms with E-state index in [1.54, 1.807) is 6.07 Å². The second-order valence-electron chi connectivity index (χ2n) is 4.19. The van der Waals surface area contributed by atoms with E-state index in [0.717, 1.165) is 13.8 Å². The number of Topliss-reactive ketones (excluding diaryl/α,β-unsaturated/α-hetero) is 1. The minimum atomic E-state index is -3.23. The van der Waals surface area contributed by atoms with E-state index >= 15 is 0 Å². The normalized spacial score (nSPS) is 11.4. The van der Waals surface area contributed by atoms with Crippen molar-refractivity contribution in [1.29, 1.82) is 0 Å². The van der Waals surface area contributed by atoms with Crippen LogP contribution in [-0.4, -0.2) is 27.1 Å². The first-order valence-electron chi connectivity index (χ1n) is 5.68. The van der Waals surface area contributed by atoms with Gasteiger partial charge < -0.3 is 4.74 Å².